The number of benzene rings is 2. The van der Waals surface area contributed by atoms with Gasteiger partial charge >= 0.3 is 0 Å². The molecule has 0 saturated heterocycles. The van der Waals surface area contributed by atoms with E-state index in [2.05, 4.69) is 4.72 Å². The zero-order valence-electron chi connectivity index (χ0n) is 15.5. The van der Waals surface area contributed by atoms with E-state index in [9.17, 15) is 17.6 Å². The molecule has 3 N–H and O–H groups in total. The number of nitrogens with two attached hydrogens (primary N) is 1. The largest absolute Gasteiger partial charge is 0.491 e. The first-order valence-corrected chi connectivity index (χ1v) is 11.2. The summed E-state index contributed by atoms with van der Waals surface area (Å²) in [4.78, 5) is 11.5. The smallest absolute Gasteiger partial charge is 0.252 e. The van der Waals surface area contributed by atoms with Crippen LogP contribution in [0.25, 0.3) is 10.1 Å². The Morgan fingerprint density at radius 1 is 1.31 bits per heavy atom. The van der Waals surface area contributed by atoms with Crippen molar-refractivity contribution in [1.29, 1.82) is 0 Å². The van der Waals surface area contributed by atoms with E-state index in [0.29, 0.717) is 20.7 Å². The number of carbonyl (C=O) groups is 1. The van der Waals surface area contributed by atoms with Crippen molar-refractivity contribution in [2.75, 3.05) is 6.61 Å². The lowest BCUT2D eigenvalue weighted by Crippen LogP contribution is -2.36. The van der Waals surface area contributed by atoms with Gasteiger partial charge < -0.3 is 10.5 Å². The number of nitrogens with one attached hydrogen (secondary N) is 1. The first kappa shape index (κ1) is 21.5. The third kappa shape index (κ3) is 4.69. The Labute approximate surface area is 176 Å². The predicted octanol–water partition coefficient (Wildman–Crippen LogP) is 3.85. The van der Waals surface area contributed by atoms with Crippen molar-refractivity contribution < 1.29 is 22.3 Å². The van der Waals surface area contributed by atoms with Crippen LogP contribution < -0.4 is 15.2 Å². The number of hydrogen-bond acceptors (Lipinski definition) is 5. The molecule has 0 aliphatic rings. The summed E-state index contributed by atoms with van der Waals surface area (Å²) < 4.78 is 48.0. The maximum absolute atomic E-state index is 13.5. The van der Waals surface area contributed by atoms with Crippen LogP contribution in [0.5, 0.6) is 5.75 Å². The van der Waals surface area contributed by atoms with Crippen LogP contribution in [0, 0.1) is 12.7 Å². The Hall–Kier alpha value is -2.20. The molecule has 6 nitrogen and oxygen atoms in total. The summed E-state index contributed by atoms with van der Waals surface area (Å²) in [5.41, 5.74) is 5.91. The Bertz CT molecular complexity index is 1190. The van der Waals surface area contributed by atoms with Gasteiger partial charge in [0.25, 0.3) is 15.9 Å². The van der Waals surface area contributed by atoms with Crippen LogP contribution in [0.15, 0.2) is 40.6 Å². The van der Waals surface area contributed by atoms with Crippen LogP contribution in [0.4, 0.5) is 4.39 Å². The molecule has 0 aliphatic carbocycles. The van der Waals surface area contributed by atoms with E-state index in [4.69, 9.17) is 22.1 Å². The number of ether oxygens (including phenoxy) is 1. The Morgan fingerprint density at radius 2 is 2.03 bits per heavy atom. The lowest BCUT2D eigenvalue weighted by atomic mass is 10.2. The van der Waals surface area contributed by atoms with Crippen LogP contribution in [-0.4, -0.2) is 27.0 Å². The average Bonchev–Trinajstić information content (AvgIpc) is 2.97. The normalized spacial score (nSPS) is 12.8. The van der Waals surface area contributed by atoms with Gasteiger partial charge in [0, 0.05) is 9.72 Å². The summed E-state index contributed by atoms with van der Waals surface area (Å²) in [7, 11) is -3.85. The van der Waals surface area contributed by atoms with E-state index in [1.54, 1.807) is 19.9 Å². The number of hydrogen-bond donors (Lipinski definition) is 2. The Morgan fingerprint density at radius 3 is 2.72 bits per heavy atom. The van der Waals surface area contributed by atoms with Crippen LogP contribution in [0.1, 0.15) is 22.8 Å². The van der Waals surface area contributed by atoms with Crippen LogP contribution >= 0.6 is 22.9 Å². The zero-order valence-corrected chi connectivity index (χ0v) is 17.9. The zero-order chi connectivity index (χ0) is 21.3. The minimum Gasteiger partial charge on any atom is -0.491 e. The van der Waals surface area contributed by atoms with Gasteiger partial charge in [-0.05, 0) is 61.2 Å². The lowest BCUT2D eigenvalue weighted by Gasteiger charge is -2.16. The highest BCUT2D eigenvalue weighted by Crippen LogP contribution is 2.34. The highest BCUT2D eigenvalue weighted by Gasteiger charge is 2.24. The molecule has 0 saturated carbocycles. The fourth-order valence-electron chi connectivity index (χ4n) is 2.81. The van der Waals surface area contributed by atoms with Gasteiger partial charge in [0.1, 0.15) is 22.4 Å². The molecule has 1 heterocycles. The molecule has 1 aromatic heterocycles. The molecule has 0 spiro atoms. The summed E-state index contributed by atoms with van der Waals surface area (Å²) in [6, 6.07) is 7.97. The molecule has 0 radical (unpaired) electrons. The maximum Gasteiger partial charge on any atom is 0.252 e. The quantitative estimate of drug-likeness (QED) is 0.564. The minimum absolute atomic E-state index is 0.0420. The van der Waals surface area contributed by atoms with Gasteiger partial charge in [0.05, 0.1) is 11.6 Å². The molecule has 154 valence electrons. The van der Waals surface area contributed by atoms with Gasteiger partial charge in [-0.25, -0.2) is 17.5 Å². The second kappa shape index (κ2) is 8.27. The molecule has 0 unspecified atom stereocenters. The number of carbonyl (C=O) groups excluding carboxylic acids is 1. The van der Waals surface area contributed by atoms with Gasteiger partial charge in [-0.3, -0.25) is 4.79 Å². The molecule has 2 aromatic carbocycles. The fourth-order valence-corrected chi connectivity index (χ4v) is 5.98. The predicted molar refractivity (Wildman–Crippen MR) is 112 cm³/mol. The van der Waals surface area contributed by atoms with E-state index in [1.165, 1.54) is 30.3 Å². The number of primary amides is 1. The van der Waals surface area contributed by atoms with Crippen LogP contribution in [0.2, 0.25) is 5.02 Å². The number of amides is 1. The maximum atomic E-state index is 13.5. The van der Waals surface area contributed by atoms with E-state index >= 15 is 0 Å². The van der Waals surface area contributed by atoms with Crippen molar-refractivity contribution in [3.63, 3.8) is 0 Å². The first-order chi connectivity index (χ1) is 13.6. The second-order valence-electron chi connectivity index (χ2n) is 6.49. The lowest BCUT2D eigenvalue weighted by molar-refractivity contribution is 0.0996. The first-order valence-electron chi connectivity index (χ1n) is 8.51. The third-order valence-corrected chi connectivity index (χ3v) is 7.87. The molecule has 1 amide bonds. The number of fused-ring (bicyclic) bond motifs is 1. The summed E-state index contributed by atoms with van der Waals surface area (Å²) in [5.74, 6) is -0.921. The topological polar surface area (TPSA) is 98.5 Å². The summed E-state index contributed by atoms with van der Waals surface area (Å²) >= 11 is 6.93. The number of aryl methyl sites for hydroxylation is 1. The Kier molecular flexibility index (Phi) is 6.13. The molecule has 10 heteroatoms. The second-order valence-corrected chi connectivity index (χ2v) is 9.89. The average molecular weight is 457 g/mol. The van der Waals surface area contributed by atoms with Gasteiger partial charge in [-0.1, -0.05) is 11.6 Å². The number of rotatable bonds is 7. The molecule has 3 rings (SSSR count). The van der Waals surface area contributed by atoms with Crippen molar-refractivity contribution >= 4 is 49.0 Å². The van der Waals surface area contributed by atoms with E-state index in [0.717, 1.165) is 11.3 Å². The standard InChI is InChI=1S/C19H18ClFN2O4S2/c1-10(9-27-16-5-3-12(20)7-15(16)18(22)24)23-29(25,26)19-11(2)14-8-13(21)4-6-17(14)28-19/h3-8,10,23H,9H2,1-2H3,(H2,22,24)/t10-/m0/s1. The van der Waals surface area contributed by atoms with Crippen molar-refractivity contribution in [2.24, 2.45) is 5.73 Å². The molecule has 0 fully saturated rings. The van der Waals surface area contributed by atoms with E-state index < -0.39 is 27.8 Å². The third-order valence-electron chi connectivity index (χ3n) is 4.15. The van der Waals surface area contributed by atoms with Gasteiger partial charge in [0.2, 0.25) is 0 Å². The number of halogens is 2. The monoisotopic (exact) mass is 456 g/mol. The highest BCUT2D eigenvalue weighted by atomic mass is 35.5. The summed E-state index contributed by atoms with van der Waals surface area (Å²) in [6.45, 7) is 3.22. The Balaban J connectivity index is 1.76. The van der Waals surface area contributed by atoms with Crippen LogP contribution in [0.3, 0.4) is 0 Å². The van der Waals surface area contributed by atoms with Crippen LogP contribution in [-0.2, 0) is 10.0 Å². The summed E-state index contributed by atoms with van der Waals surface area (Å²) in [6.07, 6.45) is 0. The van der Waals surface area contributed by atoms with E-state index in [1.807, 2.05) is 0 Å². The number of thiophene rings is 1. The minimum atomic E-state index is -3.85. The van der Waals surface area contributed by atoms with Crippen molar-refractivity contribution in [1.82, 2.24) is 4.72 Å². The van der Waals surface area contributed by atoms with Crippen molar-refractivity contribution in [3.05, 3.63) is 58.4 Å². The number of sulfonamides is 1. The fraction of sp³-hybridized carbons (Fsp3) is 0.211. The van der Waals surface area contributed by atoms with E-state index in [-0.39, 0.29) is 22.1 Å². The highest BCUT2D eigenvalue weighted by molar-refractivity contribution is 7.91. The van der Waals surface area contributed by atoms with Crippen molar-refractivity contribution in [2.45, 2.75) is 24.1 Å². The SMILES string of the molecule is Cc1c(S(=O)(=O)N[C@@H](C)COc2ccc(Cl)cc2C(N)=O)sc2ccc(F)cc12. The van der Waals surface area contributed by atoms with Crippen molar-refractivity contribution in [3.8, 4) is 5.75 Å². The molecular formula is C19H18ClFN2O4S2. The molecule has 29 heavy (non-hydrogen) atoms. The molecule has 0 aliphatic heterocycles. The molecule has 1 atom stereocenters. The molecule has 0 bridgehead atoms. The molecule has 3 aromatic rings. The summed E-state index contributed by atoms with van der Waals surface area (Å²) in [5, 5.41) is 0.892. The van der Waals surface area contributed by atoms with Gasteiger partial charge in [-0.2, -0.15) is 0 Å². The van der Waals surface area contributed by atoms with Gasteiger partial charge in [0.15, 0.2) is 0 Å². The molecular weight excluding hydrogens is 439 g/mol. The van der Waals surface area contributed by atoms with Gasteiger partial charge in [-0.15, -0.1) is 11.3 Å².